The van der Waals surface area contributed by atoms with Crippen LogP contribution in [-0.4, -0.2) is 30.3 Å². The molecule has 0 aliphatic rings. The van der Waals surface area contributed by atoms with Gasteiger partial charge in [0.1, 0.15) is 5.60 Å². The van der Waals surface area contributed by atoms with Crippen LogP contribution in [-0.2, 0) is 27.8 Å². The zero-order valence-corrected chi connectivity index (χ0v) is 26.3. The third kappa shape index (κ3) is 7.77. The van der Waals surface area contributed by atoms with Crippen molar-refractivity contribution in [1.29, 1.82) is 0 Å². The third-order valence-corrected chi connectivity index (χ3v) is 8.94. The molecule has 9 heteroatoms. The molecule has 0 aliphatic carbocycles. The fraction of sp³-hybridized carbons (Fsp3) is 0.219. The molecule has 0 atom stereocenters. The van der Waals surface area contributed by atoms with Crippen LogP contribution in [0.15, 0.2) is 113 Å². The molecule has 4 aromatic carbocycles. The number of carbonyl (C=O) groups excluding carboxylic acids is 1. The second-order valence-electron chi connectivity index (χ2n) is 10.4. The molecule has 0 N–H and O–H groups in total. The number of anilines is 1. The maximum atomic E-state index is 14.1. The van der Waals surface area contributed by atoms with E-state index in [-0.39, 0.29) is 23.9 Å². The summed E-state index contributed by atoms with van der Waals surface area (Å²) in [5.41, 5.74) is 1.55. The average molecular weight is 656 g/mol. The summed E-state index contributed by atoms with van der Waals surface area (Å²) >= 11 is 9.52. The predicted octanol–water partition coefficient (Wildman–Crippen LogP) is 8.49. The highest BCUT2D eigenvalue weighted by molar-refractivity contribution is 9.10. The number of rotatable bonds is 9. The molecule has 0 saturated heterocycles. The van der Waals surface area contributed by atoms with E-state index in [4.69, 9.17) is 16.3 Å². The molecule has 41 heavy (non-hydrogen) atoms. The Balaban J connectivity index is 1.78. The fourth-order valence-corrected chi connectivity index (χ4v) is 6.43. The van der Waals surface area contributed by atoms with E-state index < -0.39 is 21.7 Å². The Labute approximate surface area is 255 Å². The van der Waals surface area contributed by atoms with Gasteiger partial charge in [-0.2, -0.15) is 4.31 Å². The van der Waals surface area contributed by atoms with E-state index in [1.807, 2.05) is 66.7 Å². The number of hydrogen-bond acceptors (Lipinski definition) is 4. The van der Waals surface area contributed by atoms with Gasteiger partial charge in [-0.3, -0.25) is 4.90 Å². The number of hydrogen-bond donors (Lipinski definition) is 0. The smallest absolute Gasteiger partial charge is 0.418 e. The number of sulfonamides is 1. The topological polar surface area (TPSA) is 66.9 Å². The normalized spacial score (nSPS) is 12.2. The van der Waals surface area contributed by atoms with Crippen molar-refractivity contribution in [1.82, 2.24) is 4.31 Å². The molecular formula is C32H32BrClN2O4S. The first-order valence-electron chi connectivity index (χ1n) is 13.0. The van der Waals surface area contributed by atoms with Crippen molar-refractivity contribution in [2.24, 2.45) is 0 Å². The maximum Gasteiger partial charge on any atom is 0.418 e. The molecule has 0 spiro atoms. The Morgan fingerprint density at radius 2 is 1.46 bits per heavy atom. The minimum atomic E-state index is -3.92. The van der Waals surface area contributed by atoms with E-state index in [1.165, 1.54) is 9.21 Å². The number of ether oxygens (including phenoxy) is 1. The molecule has 0 aromatic heterocycles. The van der Waals surface area contributed by atoms with Crippen molar-refractivity contribution in [2.75, 3.05) is 10.8 Å². The zero-order valence-electron chi connectivity index (χ0n) is 23.1. The Morgan fingerprint density at radius 1 is 0.902 bits per heavy atom. The minimum absolute atomic E-state index is 0.148. The van der Waals surface area contributed by atoms with Gasteiger partial charge in [-0.1, -0.05) is 78.9 Å². The van der Waals surface area contributed by atoms with Gasteiger partial charge >= 0.3 is 6.09 Å². The van der Waals surface area contributed by atoms with Gasteiger partial charge in [-0.05, 0) is 76.8 Å². The Hall–Kier alpha value is -3.17. The molecule has 0 unspecified atom stereocenters. The lowest BCUT2D eigenvalue weighted by Gasteiger charge is -2.26. The Kier molecular flexibility index (Phi) is 9.92. The van der Waals surface area contributed by atoms with Crippen LogP contribution in [0.2, 0.25) is 0 Å². The SMILES string of the molecule is CC(C)(C)OC(=O)N(C=CCCl)c1ccc2ccc(S(=O)(=O)N(Cc3ccccc3)Cc3ccccc3)cc2c1Br. The highest BCUT2D eigenvalue weighted by Gasteiger charge is 2.27. The maximum absolute atomic E-state index is 14.1. The Morgan fingerprint density at radius 3 is 2.00 bits per heavy atom. The van der Waals surface area contributed by atoms with E-state index >= 15 is 0 Å². The second-order valence-corrected chi connectivity index (χ2v) is 13.5. The number of carbonyl (C=O) groups is 1. The van der Waals surface area contributed by atoms with Gasteiger partial charge in [-0.15, -0.1) is 11.6 Å². The monoisotopic (exact) mass is 654 g/mol. The summed E-state index contributed by atoms with van der Waals surface area (Å²) in [5, 5.41) is 1.44. The summed E-state index contributed by atoms with van der Waals surface area (Å²) in [4.78, 5) is 14.6. The molecule has 0 aliphatic heterocycles. The first-order chi connectivity index (χ1) is 19.5. The van der Waals surface area contributed by atoms with Gasteiger partial charge in [0, 0.05) is 29.6 Å². The van der Waals surface area contributed by atoms with E-state index in [0.29, 0.717) is 15.5 Å². The number of fused-ring (bicyclic) bond motifs is 1. The first-order valence-corrected chi connectivity index (χ1v) is 15.8. The van der Waals surface area contributed by atoms with E-state index in [0.717, 1.165) is 16.5 Å². The van der Waals surface area contributed by atoms with Crippen molar-refractivity contribution in [3.63, 3.8) is 0 Å². The number of amides is 1. The van der Waals surface area contributed by atoms with E-state index in [1.54, 1.807) is 57.3 Å². The number of alkyl halides is 1. The summed E-state index contributed by atoms with van der Waals surface area (Å²) in [6.07, 6.45) is 2.60. The molecule has 4 rings (SSSR count). The molecule has 0 radical (unpaired) electrons. The minimum Gasteiger partial charge on any atom is -0.443 e. The average Bonchev–Trinajstić information content (AvgIpc) is 2.94. The van der Waals surface area contributed by atoms with Gasteiger partial charge in [0.05, 0.1) is 10.6 Å². The van der Waals surface area contributed by atoms with Crippen LogP contribution >= 0.6 is 27.5 Å². The van der Waals surface area contributed by atoms with Crippen LogP contribution in [0.4, 0.5) is 10.5 Å². The summed E-state index contributed by atoms with van der Waals surface area (Å²) in [5.74, 6) is 0.200. The van der Waals surface area contributed by atoms with Crippen LogP contribution in [0.3, 0.4) is 0 Å². The molecule has 0 fully saturated rings. The number of halogens is 2. The van der Waals surface area contributed by atoms with Crippen molar-refractivity contribution < 1.29 is 17.9 Å². The van der Waals surface area contributed by atoms with Crippen molar-refractivity contribution in [3.8, 4) is 0 Å². The standard InChI is InChI=1S/C32H32BrClN2O4S/c1-32(2,3)40-31(37)36(20-10-19-34)29-18-16-26-15-17-27(21-28(26)30(29)33)41(38,39)35(22-24-11-6-4-7-12-24)23-25-13-8-5-9-14-25/h4-18,20-21H,19,22-23H2,1-3H3. The molecule has 4 aromatic rings. The number of allylic oxidation sites excluding steroid dienone is 1. The van der Waals surface area contributed by atoms with Crippen LogP contribution < -0.4 is 4.90 Å². The lowest BCUT2D eigenvalue weighted by molar-refractivity contribution is 0.0596. The van der Waals surface area contributed by atoms with Gasteiger partial charge in [0.15, 0.2) is 0 Å². The highest BCUT2D eigenvalue weighted by atomic mass is 79.9. The third-order valence-electron chi connectivity index (χ3n) is 6.14. The van der Waals surface area contributed by atoms with Gasteiger partial charge in [0.25, 0.3) is 0 Å². The molecule has 1 amide bonds. The van der Waals surface area contributed by atoms with Crippen molar-refractivity contribution in [3.05, 3.63) is 119 Å². The predicted molar refractivity (Wildman–Crippen MR) is 170 cm³/mol. The molecule has 0 heterocycles. The summed E-state index contributed by atoms with van der Waals surface area (Å²) < 4.78 is 35.9. The zero-order chi connectivity index (χ0) is 29.6. The van der Waals surface area contributed by atoms with Gasteiger partial charge in [-0.25, -0.2) is 13.2 Å². The Bertz CT molecular complexity index is 1600. The highest BCUT2D eigenvalue weighted by Crippen LogP contribution is 2.37. The van der Waals surface area contributed by atoms with E-state index in [9.17, 15) is 13.2 Å². The molecular weight excluding hydrogens is 624 g/mol. The summed E-state index contributed by atoms with van der Waals surface area (Å²) in [6, 6.07) is 27.7. The van der Waals surface area contributed by atoms with Crippen LogP contribution in [0, 0.1) is 0 Å². The molecule has 6 nitrogen and oxygen atoms in total. The summed E-state index contributed by atoms with van der Waals surface area (Å²) in [7, 11) is -3.92. The van der Waals surface area contributed by atoms with E-state index in [2.05, 4.69) is 15.9 Å². The lowest BCUT2D eigenvalue weighted by atomic mass is 10.1. The molecule has 0 bridgehead atoms. The van der Waals surface area contributed by atoms with Crippen molar-refractivity contribution in [2.45, 2.75) is 44.4 Å². The van der Waals surface area contributed by atoms with Crippen molar-refractivity contribution >= 4 is 60.1 Å². The van der Waals surface area contributed by atoms with Crippen LogP contribution in [0.1, 0.15) is 31.9 Å². The molecule has 0 saturated carbocycles. The number of benzene rings is 4. The largest absolute Gasteiger partial charge is 0.443 e. The lowest BCUT2D eigenvalue weighted by Crippen LogP contribution is -2.33. The van der Waals surface area contributed by atoms with Crippen LogP contribution in [0.25, 0.3) is 10.8 Å². The first kappa shape index (κ1) is 30.8. The second kappa shape index (κ2) is 13.2. The molecule has 214 valence electrons. The number of nitrogens with zero attached hydrogens (tertiary/aromatic N) is 2. The summed E-state index contributed by atoms with van der Waals surface area (Å²) in [6.45, 7) is 5.80. The fourth-order valence-electron chi connectivity index (χ4n) is 4.24. The van der Waals surface area contributed by atoms with Crippen LogP contribution in [0.5, 0.6) is 0 Å². The quantitative estimate of drug-likeness (QED) is 0.170. The van der Waals surface area contributed by atoms with Gasteiger partial charge in [0.2, 0.25) is 10.0 Å². The van der Waals surface area contributed by atoms with Gasteiger partial charge < -0.3 is 4.74 Å².